The molecule has 0 atom stereocenters. The lowest BCUT2D eigenvalue weighted by Gasteiger charge is -2.10. The molecule has 5 heteroatoms. The minimum Gasteiger partial charge on any atom is -0.487 e. The molecule has 0 saturated carbocycles. The Bertz CT molecular complexity index is 543. The van der Waals surface area contributed by atoms with Gasteiger partial charge >= 0.3 is 0 Å². The van der Waals surface area contributed by atoms with Crippen molar-refractivity contribution in [3.63, 3.8) is 0 Å². The summed E-state index contributed by atoms with van der Waals surface area (Å²) in [6.07, 6.45) is -2.50. The third-order valence-electron chi connectivity index (χ3n) is 2.29. The molecule has 0 fully saturated rings. The number of alkyl halides is 2. The maximum Gasteiger partial charge on any atom is 0.272 e. The van der Waals surface area contributed by atoms with Gasteiger partial charge in [-0.3, -0.25) is 4.98 Å². The summed E-state index contributed by atoms with van der Waals surface area (Å²) >= 11 is 0. The Morgan fingerprint density at radius 2 is 2.12 bits per heavy atom. The van der Waals surface area contributed by atoms with Gasteiger partial charge in [-0.1, -0.05) is 0 Å². The van der Waals surface area contributed by atoms with Crippen molar-refractivity contribution >= 4 is 16.6 Å². The fourth-order valence-electron chi connectivity index (χ4n) is 1.61. The number of benzene rings is 1. The number of fused-ring (bicyclic) bond motifs is 1. The second-order valence-corrected chi connectivity index (χ2v) is 3.74. The number of aromatic nitrogens is 1. The van der Waals surface area contributed by atoms with Crippen LogP contribution in [0.2, 0.25) is 0 Å². The molecular formula is C12H12F2N2O. The zero-order valence-corrected chi connectivity index (χ0v) is 9.28. The van der Waals surface area contributed by atoms with Crippen LogP contribution in [0.3, 0.4) is 0 Å². The van der Waals surface area contributed by atoms with Crippen LogP contribution in [-0.2, 0) is 0 Å². The number of pyridine rings is 1. The first-order valence-electron chi connectivity index (χ1n) is 5.14. The van der Waals surface area contributed by atoms with E-state index in [1.165, 1.54) is 0 Å². The van der Waals surface area contributed by atoms with Gasteiger partial charge in [0.25, 0.3) is 6.43 Å². The number of ether oxygens (including phenoxy) is 1. The monoisotopic (exact) mass is 238 g/mol. The molecule has 0 radical (unpaired) electrons. The lowest BCUT2D eigenvalue weighted by molar-refractivity contribution is 0.0826. The van der Waals surface area contributed by atoms with E-state index in [-0.39, 0.29) is 0 Å². The molecule has 90 valence electrons. The number of hydrogen-bond donors (Lipinski definition) is 1. The summed E-state index contributed by atoms with van der Waals surface area (Å²) in [4.78, 5) is 4.28. The Morgan fingerprint density at radius 3 is 2.82 bits per heavy atom. The molecule has 3 nitrogen and oxygen atoms in total. The SMILES string of the molecule is Cc1cc(OCC(F)F)c2cc(N)ccc2n1. The fraction of sp³-hybridized carbons (Fsp3) is 0.250. The van der Waals surface area contributed by atoms with Crippen molar-refractivity contribution in [2.75, 3.05) is 12.3 Å². The average Bonchev–Trinajstić information content (AvgIpc) is 2.26. The van der Waals surface area contributed by atoms with Crippen molar-refractivity contribution < 1.29 is 13.5 Å². The van der Waals surface area contributed by atoms with Crippen LogP contribution in [0.5, 0.6) is 5.75 Å². The van der Waals surface area contributed by atoms with Crippen LogP contribution in [0.15, 0.2) is 24.3 Å². The van der Waals surface area contributed by atoms with Crippen molar-refractivity contribution in [1.29, 1.82) is 0 Å². The maximum atomic E-state index is 12.1. The molecule has 1 aromatic heterocycles. The Hall–Kier alpha value is -1.91. The Labute approximate surface area is 97.2 Å². The van der Waals surface area contributed by atoms with E-state index in [1.807, 2.05) is 0 Å². The first kappa shape index (κ1) is 11.6. The number of nitrogens with zero attached hydrogens (tertiary/aromatic N) is 1. The molecule has 17 heavy (non-hydrogen) atoms. The lowest BCUT2D eigenvalue weighted by Crippen LogP contribution is -2.07. The number of rotatable bonds is 3. The number of hydrogen-bond acceptors (Lipinski definition) is 3. The molecule has 0 bridgehead atoms. The van der Waals surface area contributed by atoms with Crippen LogP contribution in [0.1, 0.15) is 5.69 Å². The highest BCUT2D eigenvalue weighted by Crippen LogP contribution is 2.27. The Balaban J connectivity index is 2.48. The second-order valence-electron chi connectivity index (χ2n) is 3.74. The quantitative estimate of drug-likeness (QED) is 0.836. The highest BCUT2D eigenvalue weighted by Gasteiger charge is 2.09. The van der Waals surface area contributed by atoms with Crippen LogP contribution in [0.4, 0.5) is 14.5 Å². The van der Waals surface area contributed by atoms with Gasteiger partial charge in [-0.15, -0.1) is 0 Å². The largest absolute Gasteiger partial charge is 0.487 e. The normalized spacial score (nSPS) is 11.1. The van der Waals surface area contributed by atoms with Crippen LogP contribution >= 0.6 is 0 Å². The molecule has 2 aromatic rings. The highest BCUT2D eigenvalue weighted by molar-refractivity contribution is 5.87. The van der Waals surface area contributed by atoms with E-state index in [9.17, 15) is 8.78 Å². The molecule has 0 aliphatic carbocycles. The highest BCUT2D eigenvalue weighted by atomic mass is 19.3. The molecule has 0 amide bonds. The molecule has 2 N–H and O–H groups in total. The number of nitrogen functional groups attached to an aromatic ring is 1. The van der Waals surface area contributed by atoms with Crippen molar-refractivity contribution in [2.45, 2.75) is 13.3 Å². The number of aryl methyl sites for hydroxylation is 1. The van der Waals surface area contributed by atoms with Crippen LogP contribution < -0.4 is 10.5 Å². The van der Waals surface area contributed by atoms with Gasteiger partial charge in [0, 0.05) is 22.8 Å². The summed E-state index contributed by atoms with van der Waals surface area (Å²) in [5.41, 5.74) is 7.60. The Kier molecular flexibility index (Phi) is 3.08. The molecule has 0 saturated heterocycles. The van der Waals surface area contributed by atoms with E-state index < -0.39 is 13.0 Å². The molecule has 1 heterocycles. The first-order valence-corrected chi connectivity index (χ1v) is 5.14. The predicted octanol–water partition coefficient (Wildman–Crippen LogP) is 2.77. The van der Waals surface area contributed by atoms with Crippen molar-refractivity contribution in [3.05, 3.63) is 30.0 Å². The standard InChI is InChI=1S/C12H12F2N2O/c1-7-4-11(17-6-12(13)14)9-5-8(15)2-3-10(9)16-7/h2-5,12H,6,15H2,1H3. The van der Waals surface area contributed by atoms with E-state index in [2.05, 4.69) is 4.98 Å². The van der Waals surface area contributed by atoms with Crippen LogP contribution in [0.25, 0.3) is 10.9 Å². The molecular weight excluding hydrogens is 226 g/mol. The third kappa shape index (κ3) is 2.61. The van der Waals surface area contributed by atoms with Crippen molar-refractivity contribution in [2.24, 2.45) is 0 Å². The van der Waals surface area contributed by atoms with E-state index in [0.717, 1.165) is 0 Å². The zero-order chi connectivity index (χ0) is 12.4. The van der Waals surface area contributed by atoms with E-state index in [4.69, 9.17) is 10.5 Å². The van der Waals surface area contributed by atoms with Gasteiger partial charge in [0.05, 0.1) is 5.52 Å². The minimum atomic E-state index is -2.50. The molecule has 0 unspecified atom stereocenters. The van der Waals surface area contributed by atoms with Gasteiger partial charge in [-0.25, -0.2) is 8.78 Å². The van der Waals surface area contributed by atoms with Gasteiger partial charge in [0.1, 0.15) is 12.4 Å². The zero-order valence-electron chi connectivity index (χ0n) is 9.28. The van der Waals surface area contributed by atoms with Gasteiger partial charge in [0.15, 0.2) is 0 Å². The van der Waals surface area contributed by atoms with Gasteiger partial charge in [-0.05, 0) is 25.1 Å². The molecule has 0 spiro atoms. The predicted molar refractivity (Wildman–Crippen MR) is 62.4 cm³/mol. The van der Waals surface area contributed by atoms with Crippen molar-refractivity contribution in [1.82, 2.24) is 4.98 Å². The summed E-state index contributed by atoms with van der Waals surface area (Å²) in [5.74, 6) is 0.389. The number of anilines is 1. The average molecular weight is 238 g/mol. The van der Waals surface area contributed by atoms with Crippen molar-refractivity contribution in [3.8, 4) is 5.75 Å². The summed E-state index contributed by atoms with van der Waals surface area (Å²) in [6, 6.07) is 6.76. The third-order valence-corrected chi connectivity index (χ3v) is 2.29. The van der Waals surface area contributed by atoms with E-state index >= 15 is 0 Å². The molecule has 0 aliphatic rings. The maximum absolute atomic E-state index is 12.1. The topological polar surface area (TPSA) is 48.1 Å². The van der Waals surface area contributed by atoms with Gasteiger partial charge < -0.3 is 10.5 Å². The smallest absolute Gasteiger partial charge is 0.272 e. The van der Waals surface area contributed by atoms with Crippen LogP contribution in [0, 0.1) is 6.92 Å². The van der Waals surface area contributed by atoms with Gasteiger partial charge in [0.2, 0.25) is 0 Å². The second kappa shape index (κ2) is 4.53. The van der Waals surface area contributed by atoms with Crippen LogP contribution in [-0.4, -0.2) is 18.0 Å². The summed E-state index contributed by atoms with van der Waals surface area (Å²) in [5, 5.41) is 0.649. The Morgan fingerprint density at radius 1 is 1.35 bits per heavy atom. The van der Waals surface area contributed by atoms with E-state index in [0.29, 0.717) is 28.0 Å². The number of nitrogens with two attached hydrogens (primary N) is 1. The van der Waals surface area contributed by atoms with E-state index in [1.54, 1.807) is 31.2 Å². The number of halogens is 2. The molecule has 2 rings (SSSR count). The molecule has 0 aliphatic heterocycles. The summed E-state index contributed by atoms with van der Waals surface area (Å²) in [7, 11) is 0. The summed E-state index contributed by atoms with van der Waals surface area (Å²) < 4.78 is 29.3. The molecule has 1 aromatic carbocycles. The summed E-state index contributed by atoms with van der Waals surface area (Å²) in [6.45, 7) is 1.15. The first-order chi connectivity index (χ1) is 8.06. The lowest BCUT2D eigenvalue weighted by atomic mass is 10.1. The minimum absolute atomic E-state index is 0.389. The van der Waals surface area contributed by atoms with Gasteiger partial charge in [-0.2, -0.15) is 0 Å². The fourth-order valence-corrected chi connectivity index (χ4v) is 1.61.